The molecule has 20 heavy (non-hydrogen) atoms. The van der Waals surface area contributed by atoms with Crippen LogP contribution in [0, 0.1) is 0 Å². The van der Waals surface area contributed by atoms with Crippen LogP contribution in [0.4, 0.5) is 0 Å². The van der Waals surface area contributed by atoms with Crippen molar-refractivity contribution in [2.24, 2.45) is 0 Å². The van der Waals surface area contributed by atoms with Crippen molar-refractivity contribution in [3.8, 4) is 11.5 Å². The molecule has 2 aromatic heterocycles. The largest absolute Gasteiger partial charge is 0.493 e. The summed E-state index contributed by atoms with van der Waals surface area (Å²) >= 11 is 6.59. The molecule has 0 aromatic carbocycles. The molecule has 5 nitrogen and oxygen atoms in total. The van der Waals surface area contributed by atoms with E-state index in [4.69, 9.17) is 9.47 Å². The van der Waals surface area contributed by atoms with E-state index in [-0.39, 0.29) is 12.1 Å². The third kappa shape index (κ3) is 3.04. The van der Waals surface area contributed by atoms with Crippen molar-refractivity contribution in [1.29, 1.82) is 0 Å². The number of halogens is 2. The van der Waals surface area contributed by atoms with Gasteiger partial charge in [-0.25, -0.2) is 0 Å². The molecule has 0 aliphatic rings. The van der Waals surface area contributed by atoms with Crippen LogP contribution < -0.4 is 15.0 Å². The van der Waals surface area contributed by atoms with Crippen molar-refractivity contribution < 1.29 is 9.47 Å². The summed E-state index contributed by atoms with van der Waals surface area (Å²) in [5, 5.41) is 0. The normalized spacial score (nSPS) is 10.4. The van der Waals surface area contributed by atoms with Crippen LogP contribution in [0.2, 0.25) is 0 Å². The van der Waals surface area contributed by atoms with Crippen LogP contribution in [-0.2, 0) is 6.54 Å². The van der Waals surface area contributed by atoms with Crippen LogP contribution in [0.5, 0.6) is 11.5 Å². The van der Waals surface area contributed by atoms with E-state index in [0.717, 1.165) is 4.47 Å². The molecular formula is C13H12Br2N2O3. The summed E-state index contributed by atoms with van der Waals surface area (Å²) in [5.74, 6) is 1.11. The Kier molecular flexibility index (Phi) is 4.82. The summed E-state index contributed by atoms with van der Waals surface area (Å²) in [4.78, 5) is 16.3. The van der Waals surface area contributed by atoms with E-state index in [1.807, 2.05) is 0 Å². The lowest BCUT2D eigenvalue weighted by atomic mass is 10.3. The summed E-state index contributed by atoms with van der Waals surface area (Å²) in [7, 11) is 3.10. The van der Waals surface area contributed by atoms with Crippen molar-refractivity contribution in [1.82, 2.24) is 9.55 Å². The fourth-order valence-corrected chi connectivity index (χ4v) is 3.06. The number of rotatable bonds is 4. The van der Waals surface area contributed by atoms with Crippen LogP contribution >= 0.6 is 31.9 Å². The SMILES string of the molecule is COc1ccnc(Cn2cc(Br)cc(Br)c2=O)c1OC. The molecule has 0 unspecified atom stereocenters. The van der Waals surface area contributed by atoms with E-state index in [1.165, 1.54) is 0 Å². The number of nitrogens with zero attached hydrogens (tertiary/aromatic N) is 2. The molecule has 0 saturated heterocycles. The topological polar surface area (TPSA) is 53.4 Å². The van der Waals surface area contributed by atoms with Crippen molar-refractivity contribution >= 4 is 31.9 Å². The smallest absolute Gasteiger partial charge is 0.265 e. The van der Waals surface area contributed by atoms with Gasteiger partial charge in [0, 0.05) is 22.9 Å². The molecule has 2 heterocycles. The Morgan fingerprint density at radius 1 is 1.30 bits per heavy atom. The first kappa shape index (κ1) is 15.1. The molecule has 7 heteroatoms. The summed E-state index contributed by atoms with van der Waals surface area (Å²) in [6, 6.07) is 3.41. The average Bonchev–Trinajstić information content (AvgIpc) is 2.43. The van der Waals surface area contributed by atoms with Gasteiger partial charge in [-0.15, -0.1) is 0 Å². The third-order valence-corrected chi connectivity index (χ3v) is 3.70. The van der Waals surface area contributed by atoms with E-state index in [9.17, 15) is 4.79 Å². The number of hydrogen-bond acceptors (Lipinski definition) is 4. The third-order valence-electron chi connectivity index (χ3n) is 2.70. The highest BCUT2D eigenvalue weighted by Gasteiger charge is 2.13. The molecule has 0 spiro atoms. The van der Waals surface area contributed by atoms with Gasteiger partial charge in [0.1, 0.15) is 5.69 Å². The number of aromatic nitrogens is 2. The monoisotopic (exact) mass is 402 g/mol. The quantitative estimate of drug-likeness (QED) is 0.787. The molecule has 0 N–H and O–H groups in total. The molecule has 2 rings (SSSR count). The highest BCUT2D eigenvalue weighted by Crippen LogP contribution is 2.29. The van der Waals surface area contributed by atoms with Gasteiger partial charge in [-0.1, -0.05) is 0 Å². The number of ether oxygens (including phenoxy) is 2. The fraction of sp³-hybridized carbons (Fsp3) is 0.231. The molecule has 0 aliphatic heterocycles. The minimum absolute atomic E-state index is 0.139. The van der Waals surface area contributed by atoms with E-state index in [2.05, 4.69) is 36.8 Å². The molecule has 0 amide bonds. The lowest BCUT2D eigenvalue weighted by molar-refractivity contribution is 0.348. The van der Waals surface area contributed by atoms with Crippen molar-refractivity contribution in [2.45, 2.75) is 6.54 Å². The van der Waals surface area contributed by atoms with Crippen LogP contribution in [0.15, 0.2) is 38.3 Å². The Bertz CT molecular complexity index is 686. The molecule has 2 aromatic rings. The lowest BCUT2D eigenvalue weighted by Gasteiger charge is -2.13. The Morgan fingerprint density at radius 3 is 2.70 bits per heavy atom. The van der Waals surface area contributed by atoms with Crippen LogP contribution in [-0.4, -0.2) is 23.8 Å². The first-order valence-corrected chi connectivity index (χ1v) is 7.26. The lowest BCUT2D eigenvalue weighted by Crippen LogP contribution is -2.21. The Morgan fingerprint density at radius 2 is 2.05 bits per heavy atom. The molecule has 0 radical (unpaired) electrons. The Balaban J connectivity index is 2.48. The van der Waals surface area contributed by atoms with Crippen molar-refractivity contribution in [2.75, 3.05) is 14.2 Å². The second kappa shape index (κ2) is 6.41. The minimum Gasteiger partial charge on any atom is -0.493 e. The highest BCUT2D eigenvalue weighted by molar-refractivity contribution is 9.11. The first-order valence-electron chi connectivity index (χ1n) is 5.68. The number of pyridine rings is 2. The standard InChI is InChI=1S/C13H12Br2N2O3/c1-19-11-3-4-16-10(12(11)20-2)7-17-6-8(14)5-9(15)13(17)18/h3-6H,7H2,1-2H3. The maximum atomic E-state index is 12.1. The maximum Gasteiger partial charge on any atom is 0.265 e. The van der Waals surface area contributed by atoms with Crippen molar-refractivity contribution in [3.05, 3.63) is 49.5 Å². The number of hydrogen-bond donors (Lipinski definition) is 0. The van der Waals surface area contributed by atoms with Gasteiger partial charge in [-0.3, -0.25) is 9.78 Å². The fourth-order valence-electron chi connectivity index (χ4n) is 1.81. The van der Waals surface area contributed by atoms with Gasteiger partial charge < -0.3 is 14.0 Å². The van der Waals surface area contributed by atoms with Gasteiger partial charge in [-0.2, -0.15) is 0 Å². The van der Waals surface area contributed by atoms with Gasteiger partial charge in [0.15, 0.2) is 11.5 Å². The zero-order valence-corrected chi connectivity index (χ0v) is 14.1. The zero-order chi connectivity index (χ0) is 14.7. The van der Waals surface area contributed by atoms with E-state index < -0.39 is 0 Å². The second-order valence-corrected chi connectivity index (χ2v) is 5.70. The van der Waals surface area contributed by atoms with Gasteiger partial charge >= 0.3 is 0 Å². The van der Waals surface area contributed by atoms with Gasteiger partial charge in [-0.05, 0) is 37.9 Å². The molecule has 0 aliphatic carbocycles. The zero-order valence-electron chi connectivity index (χ0n) is 10.9. The first-order chi connectivity index (χ1) is 9.56. The molecule has 106 valence electrons. The maximum absolute atomic E-state index is 12.1. The predicted molar refractivity (Wildman–Crippen MR) is 82.5 cm³/mol. The van der Waals surface area contributed by atoms with Crippen LogP contribution in [0.25, 0.3) is 0 Å². The van der Waals surface area contributed by atoms with E-state index in [0.29, 0.717) is 21.7 Å². The summed E-state index contributed by atoms with van der Waals surface area (Å²) in [6.07, 6.45) is 3.32. The van der Waals surface area contributed by atoms with Gasteiger partial charge in [0.05, 0.1) is 25.2 Å². The van der Waals surface area contributed by atoms with Gasteiger partial charge in [0.2, 0.25) is 0 Å². The van der Waals surface area contributed by atoms with Gasteiger partial charge in [0.25, 0.3) is 5.56 Å². The predicted octanol–water partition coefficient (Wildman–Crippen LogP) is 2.83. The molecule has 0 atom stereocenters. The van der Waals surface area contributed by atoms with Crippen LogP contribution in [0.1, 0.15) is 5.69 Å². The Hall–Kier alpha value is -1.34. The Labute approximate surface area is 132 Å². The summed E-state index contributed by atoms with van der Waals surface area (Å²) < 4.78 is 13.4. The number of methoxy groups -OCH3 is 2. The molecular weight excluding hydrogens is 392 g/mol. The second-order valence-electron chi connectivity index (χ2n) is 3.93. The summed E-state index contributed by atoms with van der Waals surface area (Å²) in [5.41, 5.74) is 0.485. The molecule has 0 fully saturated rings. The van der Waals surface area contributed by atoms with E-state index >= 15 is 0 Å². The van der Waals surface area contributed by atoms with Crippen molar-refractivity contribution in [3.63, 3.8) is 0 Å². The van der Waals surface area contributed by atoms with E-state index in [1.54, 1.807) is 43.3 Å². The molecule has 0 bridgehead atoms. The minimum atomic E-state index is -0.139. The van der Waals surface area contributed by atoms with Crippen LogP contribution in [0.3, 0.4) is 0 Å². The highest BCUT2D eigenvalue weighted by atomic mass is 79.9. The average molecular weight is 404 g/mol. The summed E-state index contributed by atoms with van der Waals surface area (Å²) in [6.45, 7) is 0.289. The molecule has 0 saturated carbocycles.